The Labute approximate surface area is 89.3 Å². The molecule has 0 radical (unpaired) electrons. The van der Waals surface area contributed by atoms with Crippen molar-refractivity contribution < 1.29 is 14.8 Å². The summed E-state index contributed by atoms with van der Waals surface area (Å²) < 4.78 is 0. The van der Waals surface area contributed by atoms with Gasteiger partial charge < -0.3 is 5.11 Å². The number of hydrogen-bond donors (Lipinski definition) is 1. The van der Waals surface area contributed by atoms with Gasteiger partial charge in [0, 0.05) is 11.6 Å². The molecule has 2 rings (SSSR count). The van der Waals surface area contributed by atoms with Crippen LogP contribution >= 0.6 is 0 Å². The Bertz CT molecular complexity index is 541. The van der Waals surface area contributed by atoms with Gasteiger partial charge >= 0.3 is 5.97 Å². The molecule has 1 aromatic heterocycles. The lowest BCUT2D eigenvalue weighted by atomic mass is 10.1. The molecule has 0 atom stereocenters. The normalized spacial score (nSPS) is 10.2. The highest BCUT2D eigenvalue weighted by atomic mass is 16.6. The Morgan fingerprint density at radius 2 is 2.06 bits per heavy atom. The molecule has 0 saturated carbocycles. The van der Waals surface area contributed by atoms with Crippen molar-refractivity contribution in [1.82, 2.24) is 4.98 Å². The summed E-state index contributed by atoms with van der Waals surface area (Å²) in [5.41, 5.74) is -0.186. The summed E-state index contributed by atoms with van der Waals surface area (Å²) in [6.07, 6.45) is 2.42. The predicted molar refractivity (Wildman–Crippen MR) is 55.4 cm³/mol. The first-order valence-electron chi connectivity index (χ1n) is 4.35. The van der Waals surface area contributed by atoms with E-state index in [0.717, 1.165) is 6.20 Å². The van der Waals surface area contributed by atoms with Crippen molar-refractivity contribution in [1.29, 1.82) is 0 Å². The lowest BCUT2D eigenvalue weighted by Gasteiger charge is -2.01. The summed E-state index contributed by atoms with van der Waals surface area (Å²) in [5.74, 6) is -1.13. The standard InChI is InChI=1S/C10H6N2O4/c13-10(14)7-3-1-2-6-8(7)4-11-5-9(6)12(15)16/h1-5H,(H,13,14). The molecule has 1 N–H and O–H groups in total. The number of pyridine rings is 1. The second-order valence-corrected chi connectivity index (χ2v) is 3.12. The van der Waals surface area contributed by atoms with Crippen molar-refractivity contribution in [3.63, 3.8) is 0 Å². The largest absolute Gasteiger partial charge is 0.478 e. The number of aromatic carboxylic acids is 1. The maximum Gasteiger partial charge on any atom is 0.336 e. The van der Waals surface area contributed by atoms with Crippen molar-refractivity contribution in [3.8, 4) is 0 Å². The van der Waals surface area contributed by atoms with Crippen LogP contribution in [-0.4, -0.2) is 21.0 Å². The zero-order valence-electron chi connectivity index (χ0n) is 7.95. The van der Waals surface area contributed by atoms with Crippen LogP contribution in [0.1, 0.15) is 10.4 Å². The Balaban J connectivity index is 2.86. The van der Waals surface area contributed by atoms with Crippen LogP contribution in [0.4, 0.5) is 5.69 Å². The number of carboxylic acids is 1. The van der Waals surface area contributed by atoms with Crippen LogP contribution in [0, 0.1) is 10.1 Å². The summed E-state index contributed by atoms with van der Waals surface area (Å²) in [7, 11) is 0. The van der Waals surface area contributed by atoms with Crippen LogP contribution < -0.4 is 0 Å². The molecule has 0 aliphatic rings. The topological polar surface area (TPSA) is 93.3 Å². The number of nitrogens with zero attached hydrogens (tertiary/aromatic N) is 2. The minimum Gasteiger partial charge on any atom is -0.478 e. The van der Waals surface area contributed by atoms with Gasteiger partial charge in [-0.3, -0.25) is 15.1 Å². The molecule has 80 valence electrons. The molecule has 6 heteroatoms. The number of hydrogen-bond acceptors (Lipinski definition) is 4. The molecule has 1 aromatic carbocycles. The van der Waals surface area contributed by atoms with E-state index in [1.165, 1.54) is 24.4 Å². The quantitative estimate of drug-likeness (QED) is 0.613. The van der Waals surface area contributed by atoms with E-state index in [1.807, 2.05) is 0 Å². The van der Waals surface area contributed by atoms with Crippen molar-refractivity contribution in [2.75, 3.05) is 0 Å². The van der Waals surface area contributed by atoms with Gasteiger partial charge in [-0.2, -0.15) is 0 Å². The van der Waals surface area contributed by atoms with Crippen molar-refractivity contribution in [2.24, 2.45) is 0 Å². The SMILES string of the molecule is O=C(O)c1cccc2c([N+](=O)[O-])cncc12. The van der Waals surface area contributed by atoms with Gasteiger partial charge in [-0.1, -0.05) is 6.07 Å². The van der Waals surface area contributed by atoms with Crippen molar-refractivity contribution in [3.05, 3.63) is 46.3 Å². The molecule has 2 aromatic rings. The molecule has 1 heterocycles. The smallest absolute Gasteiger partial charge is 0.336 e. The highest BCUT2D eigenvalue weighted by Crippen LogP contribution is 2.26. The fraction of sp³-hybridized carbons (Fsp3) is 0. The number of nitro groups is 1. The zero-order valence-corrected chi connectivity index (χ0v) is 7.95. The van der Waals surface area contributed by atoms with E-state index in [2.05, 4.69) is 4.98 Å². The summed E-state index contributed by atoms with van der Waals surface area (Å²) in [6.45, 7) is 0. The van der Waals surface area contributed by atoms with Gasteiger partial charge in [-0.15, -0.1) is 0 Å². The van der Waals surface area contributed by atoms with E-state index in [4.69, 9.17) is 5.11 Å². The highest BCUT2D eigenvalue weighted by molar-refractivity contribution is 6.05. The van der Waals surface area contributed by atoms with E-state index in [0.29, 0.717) is 0 Å². The third kappa shape index (κ3) is 1.46. The molecule has 0 aliphatic carbocycles. The van der Waals surface area contributed by atoms with Gasteiger partial charge in [0.1, 0.15) is 6.20 Å². The first-order valence-corrected chi connectivity index (χ1v) is 4.35. The molecular formula is C10H6N2O4. The summed E-state index contributed by atoms with van der Waals surface area (Å²) in [6, 6.07) is 4.36. The monoisotopic (exact) mass is 218 g/mol. The van der Waals surface area contributed by atoms with Gasteiger partial charge in [0.15, 0.2) is 0 Å². The van der Waals surface area contributed by atoms with E-state index in [-0.39, 0.29) is 22.0 Å². The first-order chi connectivity index (χ1) is 7.61. The van der Waals surface area contributed by atoms with E-state index in [1.54, 1.807) is 0 Å². The molecule has 0 aliphatic heterocycles. The van der Waals surface area contributed by atoms with Crippen molar-refractivity contribution in [2.45, 2.75) is 0 Å². The average Bonchev–Trinajstić information content (AvgIpc) is 2.27. The molecule has 0 saturated heterocycles. The number of carboxylic acid groups (broad SMARTS) is 1. The molecule has 0 amide bonds. The first kappa shape index (κ1) is 10.0. The summed E-state index contributed by atoms with van der Waals surface area (Å²) in [4.78, 5) is 24.7. The number of aromatic nitrogens is 1. The molecule has 0 spiro atoms. The Morgan fingerprint density at radius 1 is 1.31 bits per heavy atom. The summed E-state index contributed by atoms with van der Waals surface area (Å²) >= 11 is 0. The van der Waals surface area contributed by atoms with Crippen LogP contribution in [0.5, 0.6) is 0 Å². The van der Waals surface area contributed by atoms with Crippen LogP contribution in [0.15, 0.2) is 30.6 Å². The molecule has 0 fully saturated rings. The third-order valence-corrected chi connectivity index (χ3v) is 2.21. The Hall–Kier alpha value is -2.50. The zero-order chi connectivity index (χ0) is 11.7. The minimum absolute atomic E-state index is 0.00806. The number of rotatable bonds is 2. The maximum atomic E-state index is 10.9. The molecular weight excluding hydrogens is 212 g/mol. The second kappa shape index (κ2) is 3.58. The lowest BCUT2D eigenvalue weighted by Crippen LogP contribution is -1.99. The maximum absolute atomic E-state index is 10.9. The predicted octanol–water partition coefficient (Wildman–Crippen LogP) is 1.84. The second-order valence-electron chi connectivity index (χ2n) is 3.12. The van der Waals surface area contributed by atoms with Crippen LogP contribution in [-0.2, 0) is 0 Å². The van der Waals surface area contributed by atoms with Crippen LogP contribution in [0.25, 0.3) is 10.8 Å². The number of benzene rings is 1. The van der Waals surface area contributed by atoms with Gasteiger partial charge in [-0.25, -0.2) is 4.79 Å². The fourth-order valence-corrected chi connectivity index (χ4v) is 1.51. The van der Waals surface area contributed by atoms with Crippen molar-refractivity contribution >= 4 is 22.4 Å². The Morgan fingerprint density at radius 3 is 2.69 bits per heavy atom. The molecule has 0 bridgehead atoms. The fourth-order valence-electron chi connectivity index (χ4n) is 1.51. The highest BCUT2D eigenvalue weighted by Gasteiger charge is 2.16. The molecule has 0 unspecified atom stereocenters. The van der Waals surface area contributed by atoms with Crippen LogP contribution in [0.2, 0.25) is 0 Å². The van der Waals surface area contributed by atoms with Gasteiger partial charge in [0.2, 0.25) is 0 Å². The minimum atomic E-state index is -1.13. The number of fused-ring (bicyclic) bond motifs is 1. The summed E-state index contributed by atoms with van der Waals surface area (Å²) in [5, 5.41) is 20.2. The van der Waals surface area contributed by atoms with Gasteiger partial charge in [0.25, 0.3) is 5.69 Å². The molecule has 16 heavy (non-hydrogen) atoms. The van der Waals surface area contributed by atoms with E-state index in [9.17, 15) is 14.9 Å². The lowest BCUT2D eigenvalue weighted by molar-refractivity contribution is -0.383. The van der Waals surface area contributed by atoms with Gasteiger partial charge in [0.05, 0.1) is 15.9 Å². The average molecular weight is 218 g/mol. The third-order valence-electron chi connectivity index (χ3n) is 2.21. The van der Waals surface area contributed by atoms with Gasteiger partial charge in [-0.05, 0) is 12.1 Å². The van der Waals surface area contributed by atoms with E-state index >= 15 is 0 Å². The van der Waals surface area contributed by atoms with Crippen LogP contribution in [0.3, 0.4) is 0 Å². The Kier molecular flexibility index (Phi) is 2.24. The molecule has 6 nitrogen and oxygen atoms in total. The van der Waals surface area contributed by atoms with E-state index < -0.39 is 10.9 Å². The number of carbonyl (C=O) groups is 1.